The number of fused-ring (bicyclic) bond motifs is 1. The highest BCUT2D eigenvalue weighted by Crippen LogP contribution is 2.40. The van der Waals surface area contributed by atoms with Crippen molar-refractivity contribution in [3.8, 4) is 11.5 Å². The van der Waals surface area contributed by atoms with Crippen LogP contribution >= 0.6 is 0 Å². The van der Waals surface area contributed by atoms with Gasteiger partial charge in [0.25, 0.3) is 0 Å². The molecular weight excluding hydrogens is 349 g/mol. The van der Waals surface area contributed by atoms with Crippen molar-refractivity contribution in [2.75, 3.05) is 26.3 Å². The number of ketones is 1. The lowest BCUT2D eigenvalue weighted by Crippen LogP contribution is -3.12. The molecule has 0 bridgehead atoms. The maximum atomic E-state index is 14.0. The Morgan fingerprint density at radius 3 is 2.74 bits per heavy atom. The standard InChI is InChI=1S/C21H20FNO4/c1-13-10-17(24)15(12-23-6-8-26-9-7-23)21-19(13)20(25)18(27-21)11-14-4-2-3-5-16(14)22/h2-5,10-11,24H,6-9,12H2,1H3. The summed E-state index contributed by atoms with van der Waals surface area (Å²) in [6, 6.07) is 7.66. The Balaban J connectivity index is 1.72. The van der Waals surface area contributed by atoms with Crippen LogP contribution in [0.15, 0.2) is 36.1 Å². The first-order valence-electron chi connectivity index (χ1n) is 8.98. The SMILES string of the molecule is Cc1cc([O-])c(C[NH+]2CCOCC2)c2c1C(=O)C(=Cc1ccccc1F)O2. The Kier molecular flexibility index (Phi) is 4.68. The van der Waals surface area contributed by atoms with Crippen LogP contribution in [0.1, 0.15) is 27.0 Å². The van der Waals surface area contributed by atoms with Gasteiger partial charge in [-0.05, 0) is 24.6 Å². The molecule has 140 valence electrons. The number of ether oxygens (including phenoxy) is 2. The van der Waals surface area contributed by atoms with E-state index in [4.69, 9.17) is 9.47 Å². The zero-order valence-electron chi connectivity index (χ0n) is 15.0. The Hall–Kier alpha value is -2.70. The van der Waals surface area contributed by atoms with Crippen molar-refractivity contribution in [1.29, 1.82) is 0 Å². The molecule has 0 aliphatic carbocycles. The molecule has 0 aromatic heterocycles. The Morgan fingerprint density at radius 2 is 2.00 bits per heavy atom. The monoisotopic (exact) mass is 369 g/mol. The number of morpholine rings is 1. The largest absolute Gasteiger partial charge is 0.872 e. The van der Waals surface area contributed by atoms with Crippen molar-refractivity contribution in [3.63, 3.8) is 0 Å². The molecule has 0 amide bonds. The fourth-order valence-corrected chi connectivity index (χ4v) is 3.55. The number of hydrogen-bond acceptors (Lipinski definition) is 4. The van der Waals surface area contributed by atoms with Gasteiger partial charge in [-0.15, -0.1) is 0 Å². The molecule has 0 radical (unpaired) electrons. The molecule has 0 atom stereocenters. The van der Waals surface area contributed by atoms with E-state index in [1.54, 1.807) is 25.1 Å². The van der Waals surface area contributed by atoms with Gasteiger partial charge >= 0.3 is 0 Å². The summed E-state index contributed by atoms with van der Waals surface area (Å²) in [4.78, 5) is 14.1. The first-order valence-corrected chi connectivity index (χ1v) is 8.98. The highest BCUT2D eigenvalue weighted by atomic mass is 19.1. The smallest absolute Gasteiger partial charge is 0.232 e. The summed E-state index contributed by atoms with van der Waals surface area (Å²) in [5.74, 6) is -0.514. The van der Waals surface area contributed by atoms with Gasteiger partial charge in [-0.25, -0.2) is 4.39 Å². The number of allylic oxidation sites excluding steroid dienone is 1. The highest BCUT2D eigenvalue weighted by molar-refractivity contribution is 6.15. The summed E-state index contributed by atoms with van der Waals surface area (Å²) in [6.45, 7) is 5.09. The van der Waals surface area contributed by atoms with Crippen molar-refractivity contribution in [2.24, 2.45) is 0 Å². The normalized spacial score (nSPS) is 18.6. The first kappa shape index (κ1) is 17.7. The molecule has 1 saturated heterocycles. The summed E-state index contributed by atoms with van der Waals surface area (Å²) in [6.07, 6.45) is 1.40. The van der Waals surface area contributed by atoms with Crippen LogP contribution < -0.4 is 14.7 Å². The number of benzene rings is 2. The lowest BCUT2D eigenvalue weighted by molar-refractivity contribution is -0.921. The van der Waals surface area contributed by atoms with E-state index in [2.05, 4.69) is 0 Å². The summed E-state index contributed by atoms with van der Waals surface area (Å²) < 4.78 is 25.1. The lowest BCUT2D eigenvalue weighted by atomic mass is 9.99. The number of nitrogens with one attached hydrogen (secondary N) is 1. The second-order valence-electron chi connectivity index (χ2n) is 6.87. The van der Waals surface area contributed by atoms with Crippen molar-refractivity contribution in [2.45, 2.75) is 13.5 Å². The van der Waals surface area contributed by atoms with Crippen molar-refractivity contribution >= 4 is 11.9 Å². The summed E-state index contributed by atoms with van der Waals surface area (Å²) in [7, 11) is 0. The summed E-state index contributed by atoms with van der Waals surface area (Å²) in [5.41, 5.74) is 1.75. The third kappa shape index (κ3) is 3.34. The molecule has 2 aliphatic heterocycles. The molecule has 6 heteroatoms. The van der Waals surface area contributed by atoms with E-state index in [-0.39, 0.29) is 22.9 Å². The Bertz CT molecular complexity index is 932. The van der Waals surface area contributed by atoms with E-state index in [9.17, 15) is 14.3 Å². The van der Waals surface area contributed by atoms with Crippen LogP contribution in [0.25, 0.3) is 6.08 Å². The molecule has 2 heterocycles. The average Bonchev–Trinajstić information content (AvgIpc) is 2.98. The van der Waals surface area contributed by atoms with E-state index in [0.29, 0.717) is 42.2 Å². The predicted octanol–water partition coefficient (Wildman–Crippen LogP) is 1.24. The van der Waals surface area contributed by atoms with Gasteiger partial charge in [0.1, 0.15) is 31.2 Å². The van der Waals surface area contributed by atoms with Gasteiger partial charge in [-0.1, -0.05) is 30.0 Å². The number of halogens is 1. The number of hydrogen-bond donors (Lipinski definition) is 1. The maximum absolute atomic E-state index is 14.0. The molecule has 5 nitrogen and oxygen atoms in total. The molecule has 4 rings (SSSR count). The fourth-order valence-electron chi connectivity index (χ4n) is 3.55. The Morgan fingerprint density at radius 1 is 1.26 bits per heavy atom. The van der Waals surface area contributed by atoms with Gasteiger partial charge in [-0.3, -0.25) is 4.79 Å². The van der Waals surface area contributed by atoms with Crippen LogP contribution in [0, 0.1) is 12.7 Å². The molecule has 27 heavy (non-hydrogen) atoms. The third-order valence-electron chi connectivity index (χ3n) is 5.02. The minimum absolute atomic E-state index is 0.0435. The van der Waals surface area contributed by atoms with Crippen molar-refractivity contribution in [1.82, 2.24) is 0 Å². The van der Waals surface area contributed by atoms with E-state index < -0.39 is 5.82 Å². The quantitative estimate of drug-likeness (QED) is 0.827. The van der Waals surface area contributed by atoms with E-state index in [1.165, 1.54) is 23.1 Å². The topological polar surface area (TPSA) is 63.0 Å². The van der Waals surface area contributed by atoms with Crippen LogP contribution in [0.2, 0.25) is 0 Å². The maximum Gasteiger partial charge on any atom is 0.232 e. The Labute approximate surface area is 156 Å². The minimum Gasteiger partial charge on any atom is -0.872 e. The highest BCUT2D eigenvalue weighted by Gasteiger charge is 2.33. The van der Waals surface area contributed by atoms with E-state index >= 15 is 0 Å². The summed E-state index contributed by atoms with van der Waals surface area (Å²) >= 11 is 0. The zero-order valence-corrected chi connectivity index (χ0v) is 15.0. The minimum atomic E-state index is -0.434. The van der Waals surface area contributed by atoms with E-state index in [0.717, 1.165) is 13.1 Å². The van der Waals surface area contributed by atoms with Crippen LogP contribution in [0.5, 0.6) is 11.5 Å². The average molecular weight is 369 g/mol. The predicted molar refractivity (Wildman–Crippen MR) is 95.2 cm³/mol. The molecule has 1 fully saturated rings. The van der Waals surface area contributed by atoms with Crippen LogP contribution in [-0.4, -0.2) is 32.1 Å². The van der Waals surface area contributed by atoms with Gasteiger partial charge in [0.15, 0.2) is 5.76 Å². The molecule has 1 N–H and O–H groups in total. The van der Waals surface area contributed by atoms with Gasteiger partial charge in [-0.2, -0.15) is 0 Å². The molecule has 2 aliphatic rings. The number of carbonyl (C=O) groups is 1. The number of quaternary nitrogens is 1. The molecule has 2 aromatic rings. The molecule has 0 saturated carbocycles. The number of rotatable bonds is 3. The van der Waals surface area contributed by atoms with Crippen molar-refractivity contribution in [3.05, 3.63) is 64.2 Å². The lowest BCUT2D eigenvalue weighted by Gasteiger charge is -2.26. The van der Waals surface area contributed by atoms with Crippen LogP contribution in [-0.2, 0) is 11.3 Å². The van der Waals surface area contributed by atoms with Gasteiger partial charge in [0.2, 0.25) is 5.78 Å². The van der Waals surface area contributed by atoms with E-state index in [1.807, 2.05) is 0 Å². The second kappa shape index (κ2) is 7.13. The van der Waals surface area contributed by atoms with Crippen LogP contribution in [0.4, 0.5) is 4.39 Å². The summed E-state index contributed by atoms with van der Waals surface area (Å²) in [5, 5.41) is 12.6. The van der Waals surface area contributed by atoms with Crippen LogP contribution in [0.3, 0.4) is 0 Å². The number of aryl methyl sites for hydroxylation is 1. The van der Waals surface area contributed by atoms with Gasteiger partial charge in [0.05, 0.1) is 18.8 Å². The molecule has 0 unspecified atom stereocenters. The fraction of sp³-hybridized carbons (Fsp3) is 0.286. The van der Waals surface area contributed by atoms with Gasteiger partial charge in [0, 0.05) is 11.1 Å². The third-order valence-corrected chi connectivity index (χ3v) is 5.02. The number of carbonyl (C=O) groups excluding carboxylic acids is 1. The molecule has 2 aromatic carbocycles. The second-order valence-corrected chi connectivity index (χ2v) is 6.87. The molecule has 0 spiro atoms. The molecular formula is C21H20FNO4. The zero-order chi connectivity index (χ0) is 19.0. The van der Waals surface area contributed by atoms with Crippen molar-refractivity contribution < 1.29 is 28.7 Å². The number of Topliss-reactive ketones (excluding diaryl/α,β-unsaturated/α-hetero) is 1. The first-order chi connectivity index (χ1) is 13.0. The van der Waals surface area contributed by atoms with Gasteiger partial charge < -0.3 is 19.5 Å².